The summed E-state index contributed by atoms with van der Waals surface area (Å²) in [6.07, 6.45) is 1.64. The van der Waals surface area contributed by atoms with E-state index in [1.165, 1.54) is 0 Å². The molecule has 2 rings (SSSR count). The fraction of sp³-hybridized carbons (Fsp3) is 0.636. The molecule has 1 amide bonds. The van der Waals surface area contributed by atoms with E-state index in [1.807, 2.05) is 39.0 Å². The fourth-order valence-electron chi connectivity index (χ4n) is 2.75. The summed E-state index contributed by atoms with van der Waals surface area (Å²) in [5.74, 6) is 1.79. The molecule has 0 fully saturated rings. The number of aliphatic imine (C=N–C) groups is 1. The van der Waals surface area contributed by atoms with Crippen LogP contribution in [0.25, 0.3) is 0 Å². The number of hydrogen-bond donors (Lipinski definition) is 3. The van der Waals surface area contributed by atoms with Gasteiger partial charge in [0.05, 0.1) is 26.4 Å². The molecule has 0 radical (unpaired) electrons. The van der Waals surface area contributed by atoms with Gasteiger partial charge in [0, 0.05) is 44.0 Å². The van der Waals surface area contributed by atoms with Crippen molar-refractivity contribution in [3.8, 4) is 11.5 Å². The Hall–Kier alpha value is -1.79. The number of methoxy groups -OCH3 is 1. The number of fused-ring (bicyclic) bond motifs is 1. The standard InChI is InChI=1S/C22H36N4O5.HI/c1-22(2,3)26-20(27)16-24-21(23-9-5-10-29-14-13-28-4)25-17-7-8-18-19(15-17)31-12-6-11-30-18;/h7-8,15H,5-6,9-14,16H2,1-4H3,(H,26,27)(H2,23,24,25);1H. The maximum absolute atomic E-state index is 12.2. The van der Waals surface area contributed by atoms with Crippen LogP contribution in [0.3, 0.4) is 0 Å². The second kappa shape index (κ2) is 15.1. The Morgan fingerprint density at radius 2 is 1.88 bits per heavy atom. The number of hydrogen-bond acceptors (Lipinski definition) is 6. The van der Waals surface area contributed by atoms with E-state index in [0.29, 0.717) is 51.3 Å². The first kappa shape index (κ1) is 28.2. The van der Waals surface area contributed by atoms with E-state index in [0.717, 1.165) is 24.3 Å². The average molecular weight is 564 g/mol. The Labute approximate surface area is 208 Å². The van der Waals surface area contributed by atoms with Crippen LogP contribution >= 0.6 is 24.0 Å². The number of nitrogens with one attached hydrogen (secondary N) is 3. The number of guanidine groups is 1. The van der Waals surface area contributed by atoms with Gasteiger partial charge < -0.3 is 34.9 Å². The van der Waals surface area contributed by atoms with Gasteiger partial charge in [0.2, 0.25) is 5.91 Å². The number of anilines is 1. The van der Waals surface area contributed by atoms with E-state index < -0.39 is 0 Å². The Bertz CT molecular complexity index is 725. The first-order chi connectivity index (χ1) is 14.9. The first-order valence-corrected chi connectivity index (χ1v) is 10.7. The molecule has 0 aromatic heterocycles. The molecule has 10 heteroatoms. The molecule has 3 N–H and O–H groups in total. The minimum Gasteiger partial charge on any atom is -0.490 e. The summed E-state index contributed by atoms with van der Waals surface area (Å²) in [5, 5.41) is 9.40. The van der Waals surface area contributed by atoms with E-state index in [4.69, 9.17) is 18.9 Å². The van der Waals surface area contributed by atoms with E-state index in [1.54, 1.807) is 7.11 Å². The van der Waals surface area contributed by atoms with Crippen LogP contribution in [0.15, 0.2) is 23.2 Å². The zero-order valence-electron chi connectivity index (χ0n) is 19.5. The third-order valence-electron chi connectivity index (χ3n) is 4.10. The molecule has 1 aromatic rings. The number of carbonyl (C=O) groups is 1. The van der Waals surface area contributed by atoms with Gasteiger partial charge in [-0.1, -0.05) is 0 Å². The molecule has 0 atom stereocenters. The van der Waals surface area contributed by atoms with Crippen LogP contribution in [0, 0.1) is 0 Å². The van der Waals surface area contributed by atoms with Crippen LogP contribution in [0.4, 0.5) is 5.69 Å². The molecule has 9 nitrogen and oxygen atoms in total. The SMILES string of the molecule is COCCOCCCNC(=NCC(=O)NC(C)(C)C)Nc1ccc2c(c1)OCCCO2.I. The molecular formula is C22H37IN4O5. The van der Waals surface area contributed by atoms with Gasteiger partial charge in [-0.25, -0.2) is 4.99 Å². The normalized spacial score (nSPS) is 13.6. The molecule has 0 unspecified atom stereocenters. The molecule has 1 heterocycles. The summed E-state index contributed by atoms with van der Waals surface area (Å²) in [6, 6.07) is 5.64. The van der Waals surface area contributed by atoms with Gasteiger partial charge in [-0.3, -0.25) is 4.79 Å². The minimum absolute atomic E-state index is 0. The van der Waals surface area contributed by atoms with Crippen molar-refractivity contribution in [3.05, 3.63) is 18.2 Å². The molecule has 0 spiro atoms. The molecule has 0 saturated heterocycles. The van der Waals surface area contributed by atoms with Crippen molar-refractivity contribution in [1.82, 2.24) is 10.6 Å². The highest BCUT2D eigenvalue weighted by molar-refractivity contribution is 14.0. The second-order valence-electron chi connectivity index (χ2n) is 8.19. The van der Waals surface area contributed by atoms with Gasteiger partial charge in [0.1, 0.15) is 6.54 Å². The smallest absolute Gasteiger partial charge is 0.242 e. The Morgan fingerprint density at radius 3 is 2.59 bits per heavy atom. The zero-order valence-corrected chi connectivity index (χ0v) is 21.8. The van der Waals surface area contributed by atoms with Gasteiger partial charge in [0.25, 0.3) is 0 Å². The number of amides is 1. The predicted octanol–water partition coefficient (Wildman–Crippen LogP) is 2.79. The van der Waals surface area contributed by atoms with Crippen LogP contribution in [-0.4, -0.2) is 70.6 Å². The highest BCUT2D eigenvalue weighted by Gasteiger charge is 2.14. The van der Waals surface area contributed by atoms with E-state index >= 15 is 0 Å². The molecular weight excluding hydrogens is 527 g/mol. The minimum atomic E-state index is -0.304. The molecule has 1 aliphatic rings. The second-order valence-corrected chi connectivity index (χ2v) is 8.19. The summed E-state index contributed by atoms with van der Waals surface area (Å²) in [6.45, 7) is 9.49. The maximum atomic E-state index is 12.2. The number of ether oxygens (including phenoxy) is 4. The molecule has 0 saturated carbocycles. The van der Waals surface area contributed by atoms with Gasteiger partial charge in [-0.2, -0.15) is 0 Å². The lowest BCUT2D eigenvalue weighted by atomic mass is 10.1. The van der Waals surface area contributed by atoms with Crippen molar-refractivity contribution < 1.29 is 23.7 Å². The van der Waals surface area contributed by atoms with Gasteiger partial charge >= 0.3 is 0 Å². The summed E-state index contributed by atoms with van der Waals surface area (Å²) in [5.41, 5.74) is 0.490. The first-order valence-electron chi connectivity index (χ1n) is 10.7. The van der Waals surface area contributed by atoms with Crippen molar-refractivity contribution in [2.75, 3.05) is 58.6 Å². The fourth-order valence-corrected chi connectivity index (χ4v) is 2.75. The predicted molar refractivity (Wildman–Crippen MR) is 137 cm³/mol. The summed E-state index contributed by atoms with van der Waals surface area (Å²) >= 11 is 0. The monoisotopic (exact) mass is 564 g/mol. The Kier molecular flexibility index (Phi) is 13.3. The topological polar surface area (TPSA) is 102 Å². The highest BCUT2D eigenvalue weighted by Crippen LogP contribution is 2.32. The van der Waals surface area contributed by atoms with Crippen molar-refractivity contribution >= 4 is 41.5 Å². The van der Waals surface area contributed by atoms with Crippen LogP contribution in [0.1, 0.15) is 33.6 Å². The number of benzene rings is 1. The lowest BCUT2D eigenvalue weighted by molar-refractivity contribution is -0.121. The molecule has 182 valence electrons. The van der Waals surface area contributed by atoms with Gasteiger partial charge in [-0.15, -0.1) is 24.0 Å². The van der Waals surface area contributed by atoms with Gasteiger partial charge in [-0.05, 0) is 39.3 Å². The molecule has 1 aliphatic heterocycles. The largest absolute Gasteiger partial charge is 0.490 e. The molecule has 0 bridgehead atoms. The number of rotatable bonds is 10. The van der Waals surface area contributed by atoms with Gasteiger partial charge in [0.15, 0.2) is 17.5 Å². The average Bonchev–Trinajstić information content (AvgIpc) is 2.95. The van der Waals surface area contributed by atoms with Crippen LogP contribution < -0.4 is 25.4 Å². The molecule has 0 aliphatic carbocycles. The number of halogens is 1. The lowest BCUT2D eigenvalue weighted by Crippen LogP contribution is -2.42. The van der Waals surface area contributed by atoms with E-state index in [2.05, 4.69) is 20.9 Å². The van der Waals surface area contributed by atoms with Crippen molar-refractivity contribution in [3.63, 3.8) is 0 Å². The lowest BCUT2D eigenvalue weighted by Gasteiger charge is -2.20. The third-order valence-corrected chi connectivity index (χ3v) is 4.10. The Morgan fingerprint density at radius 1 is 1.12 bits per heavy atom. The summed E-state index contributed by atoms with van der Waals surface area (Å²) < 4.78 is 21.9. The molecule has 1 aromatic carbocycles. The van der Waals surface area contributed by atoms with E-state index in [-0.39, 0.29) is 42.0 Å². The number of nitrogens with zero attached hydrogens (tertiary/aromatic N) is 1. The number of carbonyl (C=O) groups excluding carboxylic acids is 1. The van der Waals surface area contributed by atoms with E-state index in [9.17, 15) is 4.79 Å². The summed E-state index contributed by atoms with van der Waals surface area (Å²) in [7, 11) is 1.65. The van der Waals surface area contributed by atoms with Crippen molar-refractivity contribution in [2.24, 2.45) is 4.99 Å². The highest BCUT2D eigenvalue weighted by atomic mass is 127. The van der Waals surface area contributed by atoms with Crippen molar-refractivity contribution in [2.45, 2.75) is 39.2 Å². The maximum Gasteiger partial charge on any atom is 0.242 e. The summed E-state index contributed by atoms with van der Waals surface area (Å²) in [4.78, 5) is 16.6. The van der Waals surface area contributed by atoms with Crippen LogP contribution in [0.5, 0.6) is 11.5 Å². The zero-order chi connectivity index (χ0) is 22.5. The quantitative estimate of drug-likeness (QED) is 0.174. The Balaban J connectivity index is 0.00000512. The van der Waals surface area contributed by atoms with Crippen LogP contribution in [0.2, 0.25) is 0 Å². The van der Waals surface area contributed by atoms with Crippen molar-refractivity contribution in [1.29, 1.82) is 0 Å². The van der Waals surface area contributed by atoms with Crippen LogP contribution in [-0.2, 0) is 14.3 Å². The molecule has 32 heavy (non-hydrogen) atoms. The third kappa shape index (κ3) is 11.7.